The van der Waals surface area contributed by atoms with Crippen LogP contribution in [0.3, 0.4) is 0 Å². The van der Waals surface area contributed by atoms with Gasteiger partial charge in [-0.25, -0.2) is 13.2 Å². The van der Waals surface area contributed by atoms with Crippen molar-refractivity contribution < 1.29 is 18.3 Å². The fourth-order valence-electron chi connectivity index (χ4n) is 1.67. The molecule has 7 heteroatoms. The molecule has 0 bridgehead atoms. The minimum atomic E-state index is -3.49. The van der Waals surface area contributed by atoms with E-state index in [-0.39, 0.29) is 16.2 Å². The Hall–Kier alpha value is -1.18. The van der Waals surface area contributed by atoms with Gasteiger partial charge in [-0.1, -0.05) is 0 Å². The third-order valence-electron chi connectivity index (χ3n) is 2.77. The number of carbonyl (C=O) groups is 1. The predicted molar refractivity (Wildman–Crippen MR) is 81.2 cm³/mol. The maximum atomic E-state index is 12.2. The molecule has 20 heavy (non-hydrogen) atoms. The van der Waals surface area contributed by atoms with Crippen LogP contribution in [0.25, 0.3) is 0 Å². The number of carboxylic acids is 1. The van der Waals surface area contributed by atoms with Gasteiger partial charge in [-0.05, 0) is 62.9 Å². The number of aryl methyl sites for hydroxylation is 1. The number of aromatic carboxylic acids is 1. The van der Waals surface area contributed by atoms with Crippen molar-refractivity contribution in [1.82, 2.24) is 0 Å². The van der Waals surface area contributed by atoms with Crippen LogP contribution in [-0.4, -0.2) is 25.2 Å². The van der Waals surface area contributed by atoms with Gasteiger partial charge in [0.15, 0.2) is 9.84 Å². The molecule has 1 aromatic heterocycles. The lowest BCUT2D eigenvalue weighted by Gasteiger charge is -2.06. The second-order valence-corrected chi connectivity index (χ2v) is 7.89. The van der Waals surface area contributed by atoms with E-state index >= 15 is 0 Å². The quantitative estimate of drug-likeness (QED) is 0.871. The fourth-order valence-corrected chi connectivity index (χ4v) is 4.10. The van der Waals surface area contributed by atoms with E-state index in [1.165, 1.54) is 29.5 Å². The number of hydrogen-bond acceptors (Lipinski definition) is 4. The third kappa shape index (κ3) is 3.47. The Morgan fingerprint density at radius 3 is 2.65 bits per heavy atom. The Kier molecular flexibility index (Phi) is 4.62. The lowest BCUT2D eigenvalue weighted by atomic mass is 10.2. The summed E-state index contributed by atoms with van der Waals surface area (Å²) in [4.78, 5) is 11.1. The second-order valence-electron chi connectivity index (χ2n) is 4.15. The molecular formula is C13H11BrO4S2. The summed E-state index contributed by atoms with van der Waals surface area (Å²) in [7, 11) is -3.49. The fraction of sp³-hybridized carbons (Fsp3) is 0.154. The summed E-state index contributed by atoms with van der Waals surface area (Å²) in [6.07, 6.45) is 0.421. The van der Waals surface area contributed by atoms with Crippen LogP contribution in [0.15, 0.2) is 44.4 Å². The highest BCUT2D eigenvalue weighted by atomic mass is 79.9. The Balaban J connectivity index is 2.25. The van der Waals surface area contributed by atoms with E-state index in [2.05, 4.69) is 15.9 Å². The van der Waals surface area contributed by atoms with Crippen LogP contribution in [0.5, 0.6) is 0 Å². The number of sulfone groups is 1. The Morgan fingerprint density at radius 1 is 1.30 bits per heavy atom. The van der Waals surface area contributed by atoms with Gasteiger partial charge in [0.05, 0.1) is 16.2 Å². The van der Waals surface area contributed by atoms with E-state index in [0.29, 0.717) is 10.9 Å². The highest BCUT2D eigenvalue weighted by Gasteiger charge is 2.18. The van der Waals surface area contributed by atoms with Crippen molar-refractivity contribution in [2.75, 3.05) is 5.75 Å². The van der Waals surface area contributed by atoms with Crippen molar-refractivity contribution in [3.05, 3.63) is 50.6 Å². The molecule has 0 aliphatic carbocycles. The first-order valence-corrected chi connectivity index (χ1v) is 9.05. The zero-order valence-electron chi connectivity index (χ0n) is 10.2. The zero-order valence-corrected chi connectivity index (χ0v) is 13.5. The van der Waals surface area contributed by atoms with Crippen LogP contribution in [0, 0.1) is 0 Å². The van der Waals surface area contributed by atoms with E-state index in [4.69, 9.17) is 5.11 Å². The van der Waals surface area contributed by atoms with Crippen LogP contribution < -0.4 is 0 Å². The normalized spacial score (nSPS) is 11.4. The molecule has 0 atom stereocenters. The maximum Gasteiger partial charge on any atom is 0.336 e. The van der Waals surface area contributed by atoms with Crippen LogP contribution >= 0.6 is 27.3 Å². The molecule has 0 aliphatic heterocycles. The molecule has 1 N–H and O–H groups in total. The lowest BCUT2D eigenvalue weighted by Crippen LogP contribution is -2.10. The van der Waals surface area contributed by atoms with Gasteiger partial charge in [-0.3, -0.25) is 0 Å². The number of halogens is 1. The molecule has 1 aromatic carbocycles. The first-order valence-electron chi connectivity index (χ1n) is 5.67. The molecule has 0 radical (unpaired) electrons. The van der Waals surface area contributed by atoms with Gasteiger partial charge in [0.2, 0.25) is 0 Å². The van der Waals surface area contributed by atoms with Crippen LogP contribution in [-0.2, 0) is 16.3 Å². The summed E-state index contributed by atoms with van der Waals surface area (Å²) < 4.78 is 24.8. The molecule has 1 heterocycles. The summed E-state index contributed by atoms with van der Waals surface area (Å²) in [5, 5.41) is 12.8. The van der Waals surface area contributed by atoms with E-state index in [9.17, 15) is 13.2 Å². The van der Waals surface area contributed by atoms with Gasteiger partial charge in [-0.15, -0.1) is 0 Å². The summed E-state index contributed by atoms with van der Waals surface area (Å²) in [5.41, 5.74) is 0.913. The highest BCUT2D eigenvalue weighted by molar-refractivity contribution is 9.10. The van der Waals surface area contributed by atoms with E-state index in [0.717, 1.165) is 5.56 Å². The van der Waals surface area contributed by atoms with E-state index in [1.54, 1.807) is 0 Å². The maximum absolute atomic E-state index is 12.2. The van der Waals surface area contributed by atoms with Gasteiger partial charge in [0.1, 0.15) is 0 Å². The number of hydrogen-bond donors (Lipinski definition) is 1. The van der Waals surface area contributed by atoms with Gasteiger partial charge >= 0.3 is 5.97 Å². The van der Waals surface area contributed by atoms with E-state index in [1.807, 2.05) is 16.8 Å². The van der Waals surface area contributed by atoms with Crippen molar-refractivity contribution in [3.63, 3.8) is 0 Å². The number of carboxylic acid groups (broad SMARTS) is 1. The average Bonchev–Trinajstić information content (AvgIpc) is 2.89. The first kappa shape index (κ1) is 15.2. The van der Waals surface area contributed by atoms with Crippen LogP contribution in [0.1, 0.15) is 15.9 Å². The minimum absolute atomic E-state index is 0.0355. The molecule has 0 saturated carbocycles. The van der Waals surface area contributed by atoms with Gasteiger partial charge in [-0.2, -0.15) is 11.3 Å². The van der Waals surface area contributed by atoms with Crippen molar-refractivity contribution in [1.29, 1.82) is 0 Å². The number of thiophene rings is 1. The number of rotatable bonds is 5. The largest absolute Gasteiger partial charge is 0.478 e. The standard InChI is InChI=1S/C13H11BrO4S2/c14-12-2-1-10(7-11(12)13(15)16)20(17,18)6-4-9-3-5-19-8-9/h1-3,5,7-8H,4,6H2,(H,15,16). The van der Waals surface area contributed by atoms with Crippen molar-refractivity contribution in [2.24, 2.45) is 0 Å². The summed E-state index contributed by atoms with van der Waals surface area (Å²) >= 11 is 4.61. The van der Waals surface area contributed by atoms with E-state index < -0.39 is 15.8 Å². The monoisotopic (exact) mass is 374 g/mol. The smallest absolute Gasteiger partial charge is 0.336 e. The molecule has 0 saturated heterocycles. The molecule has 0 spiro atoms. The minimum Gasteiger partial charge on any atom is -0.478 e. The van der Waals surface area contributed by atoms with Crippen molar-refractivity contribution in [2.45, 2.75) is 11.3 Å². The Bertz CT molecular complexity index is 721. The Labute approximate surface area is 129 Å². The molecule has 2 rings (SSSR count). The predicted octanol–water partition coefficient (Wildman–Crippen LogP) is 3.23. The molecule has 0 aliphatic rings. The molecule has 0 fully saturated rings. The SMILES string of the molecule is O=C(O)c1cc(S(=O)(=O)CCc2ccsc2)ccc1Br. The number of benzene rings is 1. The van der Waals surface area contributed by atoms with Crippen LogP contribution in [0.2, 0.25) is 0 Å². The molecule has 0 amide bonds. The molecule has 0 unspecified atom stereocenters. The summed E-state index contributed by atoms with van der Waals surface area (Å²) in [5.74, 6) is -1.20. The average molecular weight is 375 g/mol. The van der Waals surface area contributed by atoms with Crippen molar-refractivity contribution >= 4 is 43.1 Å². The van der Waals surface area contributed by atoms with Crippen LogP contribution in [0.4, 0.5) is 0 Å². The van der Waals surface area contributed by atoms with Gasteiger partial charge in [0, 0.05) is 4.47 Å². The summed E-state index contributed by atoms with van der Waals surface area (Å²) in [6, 6.07) is 5.93. The van der Waals surface area contributed by atoms with Crippen molar-refractivity contribution in [3.8, 4) is 0 Å². The van der Waals surface area contributed by atoms with Gasteiger partial charge < -0.3 is 5.11 Å². The Morgan fingerprint density at radius 2 is 2.05 bits per heavy atom. The third-order valence-corrected chi connectivity index (χ3v) is 5.90. The zero-order chi connectivity index (χ0) is 14.8. The molecule has 2 aromatic rings. The lowest BCUT2D eigenvalue weighted by molar-refractivity contribution is 0.0695. The summed E-state index contributed by atoms with van der Waals surface area (Å²) in [6.45, 7) is 0. The molecule has 4 nitrogen and oxygen atoms in total. The highest BCUT2D eigenvalue weighted by Crippen LogP contribution is 2.22. The molecule has 106 valence electrons. The topological polar surface area (TPSA) is 71.4 Å². The van der Waals surface area contributed by atoms with Gasteiger partial charge in [0.25, 0.3) is 0 Å². The first-order chi connectivity index (χ1) is 9.40. The second kappa shape index (κ2) is 6.07. The molecular weight excluding hydrogens is 364 g/mol.